The van der Waals surface area contributed by atoms with E-state index >= 15 is 0 Å². The Morgan fingerprint density at radius 1 is 0.581 bits per heavy atom. The minimum atomic E-state index is -1.92. The Bertz CT molecular complexity index is 2290. The summed E-state index contributed by atoms with van der Waals surface area (Å²) in [7, 11) is 6.04. The Morgan fingerprint density at radius 3 is 1.39 bits per heavy atom. The second-order valence-corrected chi connectivity index (χ2v) is 28.8. The second kappa shape index (κ2) is 20.5. The molecule has 0 bridgehead atoms. The molecule has 0 radical (unpaired) electrons. The van der Waals surface area contributed by atoms with Crippen molar-refractivity contribution in [3.63, 3.8) is 0 Å². The van der Waals surface area contributed by atoms with Gasteiger partial charge in [0.25, 0.3) is 0 Å². The first-order chi connectivity index (χ1) is 34.8. The second-order valence-electron chi connectivity index (χ2n) is 28.5. The standard InChI is InChI=1S/C21H34N2O2.C19H28N2O3.C19H32N2O.2O.Pt/c1-13(24)22-14-11-17-15-5-6-18-21(3,10-8-19(25)23(18)4)16(15)7-9-20(17,2)12-14;1-18-9-7-16(22)21(3)15(18)5-4-11-12(18)6-8-19(2)13(11)10-14(20-24)17(19)23;1-18-8-6-14-13(15(18)10-12(20)11-18)4-5-16-19(14,2)9-7-17(22)21(16)3;;;/h14-18H,5-12H2,1-4H3,(H,22,24);11-13,15,24H,4-10H2,1-3H3;12-16H,4-11,20H2,1-3H3;;;/b;20-14-;;;;/t14?,15?,16?,17?,18?,20-,21-;11?,12?,13?,15?,18-,19+;12-,13?,14?,15?,16?,18+,19+;;;/m110.../s1. The molecule has 9 saturated carbocycles. The molecule has 12 fully saturated rings. The van der Waals surface area contributed by atoms with Crippen LogP contribution in [0.25, 0.3) is 0 Å². The fraction of sp³-hybridized carbons (Fsp3) is 0.898. The Hall–Kier alpha value is -2.73. The van der Waals surface area contributed by atoms with Crippen molar-refractivity contribution >= 4 is 35.1 Å². The number of fused-ring (bicyclic) bond motifs is 15. The molecular weight excluding hydrogens is 1120 g/mol. The van der Waals surface area contributed by atoms with Crippen LogP contribution in [0, 0.1) is 85.8 Å². The van der Waals surface area contributed by atoms with Gasteiger partial charge in [0.05, 0.1) is 0 Å². The van der Waals surface area contributed by atoms with Crippen LogP contribution in [0.3, 0.4) is 0 Å². The molecule has 74 heavy (non-hydrogen) atoms. The number of carbonyl (C=O) groups excluding carboxylic acids is 5. The number of likely N-dealkylation sites (tertiary alicyclic amines) is 3. The predicted octanol–water partition coefficient (Wildman–Crippen LogP) is 9.15. The zero-order chi connectivity index (χ0) is 53.7. The van der Waals surface area contributed by atoms with E-state index in [0.29, 0.717) is 100.0 Å². The molecule has 3 aliphatic heterocycles. The number of ketones is 1. The van der Waals surface area contributed by atoms with Gasteiger partial charge in [-0.2, -0.15) is 0 Å². The van der Waals surface area contributed by atoms with E-state index in [9.17, 15) is 29.2 Å². The normalized spacial score (nSPS) is 49.3. The van der Waals surface area contributed by atoms with E-state index in [2.05, 4.69) is 61.8 Å². The summed E-state index contributed by atoms with van der Waals surface area (Å²) in [6.07, 6.45) is 25.0. The van der Waals surface area contributed by atoms with Gasteiger partial charge in [-0.3, -0.25) is 24.0 Å². The molecule has 13 unspecified atom stereocenters. The molecule has 3 heterocycles. The number of hydrogen-bond donors (Lipinski definition) is 3. The van der Waals surface area contributed by atoms with Crippen LogP contribution < -0.4 is 11.1 Å². The van der Waals surface area contributed by atoms with E-state index in [1.807, 2.05) is 26.0 Å². The Balaban J connectivity index is 0.000000133. The van der Waals surface area contributed by atoms with Crippen LogP contribution in [0.5, 0.6) is 0 Å². The number of hydrogen-bond acceptors (Lipinski definition) is 10. The van der Waals surface area contributed by atoms with E-state index in [4.69, 9.17) is 12.5 Å². The third-order valence-corrected chi connectivity index (χ3v) is 25.4. The van der Waals surface area contributed by atoms with Crippen molar-refractivity contribution in [3.05, 3.63) is 0 Å². The third-order valence-electron chi connectivity index (χ3n) is 25.4. The van der Waals surface area contributed by atoms with E-state index in [1.54, 1.807) is 6.92 Å². The molecule has 12 rings (SSSR count). The van der Waals surface area contributed by atoms with Gasteiger partial charge >= 0.3 is 25.3 Å². The molecule has 15 heteroatoms. The van der Waals surface area contributed by atoms with Crippen LogP contribution in [-0.4, -0.2) is 106 Å². The molecule has 4 amide bonds. The molecule has 0 aromatic rings. The van der Waals surface area contributed by atoms with Gasteiger partial charge in [0, 0.05) is 89.4 Å². The van der Waals surface area contributed by atoms with Crippen molar-refractivity contribution in [2.45, 2.75) is 226 Å². The quantitative estimate of drug-likeness (QED) is 0.169. The van der Waals surface area contributed by atoms with Crippen LogP contribution in [-0.2, 0) is 49.3 Å². The monoisotopic (exact) mass is 1210 g/mol. The Kier molecular flexibility index (Phi) is 15.5. The molecule has 0 aromatic heterocycles. The van der Waals surface area contributed by atoms with Gasteiger partial charge in [-0.25, -0.2) is 0 Å². The number of amides is 4. The summed E-state index contributed by atoms with van der Waals surface area (Å²) in [4.78, 5) is 66.9. The van der Waals surface area contributed by atoms with Crippen molar-refractivity contribution in [1.82, 2.24) is 20.0 Å². The van der Waals surface area contributed by atoms with E-state index in [-0.39, 0.29) is 28.4 Å². The number of nitrogens with zero attached hydrogens (tertiary/aromatic N) is 4. The first kappa shape index (κ1) is 56.0. The molecular formula is C59H94N6O8Pt. The number of nitrogens with two attached hydrogens (primary N) is 1. The fourth-order valence-electron chi connectivity index (χ4n) is 21.7. The fourth-order valence-corrected chi connectivity index (χ4v) is 21.7. The van der Waals surface area contributed by atoms with E-state index in [1.165, 1.54) is 57.8 Å². The summed E-state index contributed by atoms with van der Waals surface area (Å²) in [6, 6.07) is 2.05. The zero-order valence-corrected chi connectivity index (χ0v) is 49.1. The molecule has 4 N–H and O–H groups in total. The number of oxime groups is 1. The summed E-state index contributed by atoms with van der Waals surface area (Å²) in [5.74, 6) is 7.31. The minimum absolute atomic E-state index is 0.0664. The number of carbonyl (C=O) groups is 5. The summed E-state index contributed by atoms with van der Waals surface area (Å²) in [6.45, 7) is 16.0. The Labute approximate surface area is 451 Å². The van der Waals surface area contributed by atoms with Gasteiger partial charge in [0.1, 0.15) is 5.71 Å². The topological polar surface area (TPSA) is 200 Å². The average Bonchev–Trinajstić information content (AvgIpc) is 3.96. The third kappa shape index (κ3) is 9.11. The van der Waals surface area contributed by atoms with Crippen LogP contribution in [0.1, 0.15) is 196 Å². The van der Waals surface area contributed by atoms with Gasteiger partial charge in [0.15, 0.2) is 5.78 Å². The molecule has 0 spiro atoms. The van der Waals surface area contributed by atoms with Gasteiger partial charge < -0.3 is 31.0 Å². The molecule has 418 valence electrons. The molecule has 12 aliphatic rings. The van der Waals surface area contributed by atoms with Crippen LogP contribution in [0.15, 0.2) is 5.16 Å². The number of Topliss-reactive ketones (excluding diaryl/α,β-unsaturated/α-hetero) is 1. The molecule has 9 aliphatic carbocycles. The van der Waals surface area contributed by atoms with Gasteiger partial charge in [-0.05, 0) is 202 Å². The summed E-state index contributed by atoms with van der Waals surface area (Å²) >= 11 is -1.92. The van der Waals surface area contributed by atoms with Crippen molar-refractivity contribution < 1.29 is 54.5 Å². The number of nitrogens with one attached hydrogen (secondary N) is 1. The molecule has 0 aromatic carbocycles. The maximum atomic E-state index is 12.7. The Morgan fingerprint density at radius 2 is 0.973 bits per heavy atom. The summed E-state index contributed by atoms with van der Waals surface area (Å²) in [5.41, 5.74) is 8.09. The molecule has 14 nitrogen and oxygen atoms in total. The summed E-state index contributed by atoms with van der Waals surface area (Å²) < 4.78 is 17.0. The average molecular weight is 1210 g/mol. The van der Waals surface area contributed by atoms with Gasteiger partial charge in [-0.1, -0.05) is 46.7 Å². The van der Waals surface area contributed by atoms with Crippen molar-refractivity contribution in [3.8, 4) is 0 Å². The number of piperidine rings is 3. The van der Waals surface area contributed by atoms with Crippen molar-refractivity contribution in [2.24, 2.45) is 96.6 Å². The maximum absolute atomic E-state index is 12.7. The predicted molar refractivity (Wildman–Crippen MR) is 277 cm³/mol. The van der Waals surface area contributed by atoms with Crippen molar-refractivity contribution in [1.29, 1.82) is 0 Å². The van der Waals surface area contributed by atoms with E-state index < -0.39 is 18.5 Å². The molecule has 3 saturated heterocycles. The molecule has 20 atom stereocenters. The number of rotatable bonds is 1. The first-order valence-corrected chi connectivity index (χ1v) is 31.1. The van der Waals surface area contributed by atoms with Crippen LogP contribution >= 0.6 is 0 Å². The summed E-state index contributed by atoms with van der Waals surface area (Å²) in [5, 5.41) is 15.7. The van der Waals surface area contributed by atoms with Crippen LogP contribution in [0.2, 0.25) is 0 Å². The first-order valence-electron chi connectivity index (χ1n) is 29.2. The van der Waals surface area contributed by atoms with Crippen molar-refractivity contribution in [2.75, 3.05) is 21.1 Å². The van der Waals surface area contributed by atoms with Crippen LogP contribution in [0.4, 0.5) is 0 Å². The SMILES string of the molecule is CC(=O)NC1CC2C3CCC4N(C)C(=O)CC[C@]4(C)C3CC[C@]2(C)C1.CN1C(=O)CC[C@]2(C)C3CC[C@]4(C)C(=O)/C(=N\O)CC4C3CCC12.CN1C(=O)CC[C@]2(C)C3CC[C@]4(C)C[C@@H](N)CC4C3CCC12.[O]=[Pt]=[O]. The van der Waals surface area contributed by atoms with Gasteiger partial charge in [-0.15, -0.1) is 0 Å². The van der Waals surface area contributed by atoms with E-state index in [0.717, 1.165) is 113 Å². The van der Waals surface area contributed by atoms with Gasteiger partial charge in [0.2, 0.25) is 23.6 Å². The zero-order valence-electron chi connectivity index (χ0n) is 46.8.